The molecule has 3 heteroatoms. The molecular formula is C18H17N2O+. The van der Waals surface area contributed by atoms with Crippen LogP contribution >= 0.6 is 0 Å². The summed E-state index contributed by atoms with van der Waals surface area (Å²) in [6.07, 6.45) is 2.11. The molecule has 2 aliphatic rings. The molecule has 1 amide bonds. The van der Waals surface area contributed by atoms with Gasteiger partial charge in [-0.3, -0.25) is 4.58 Å². The first-order valence-electron chi connectivity index (χ1n) is 7.43. The molecule has 0 aromatic heterocycles. The van der Waals surface area contributed by atoms with E-state index in [4.69, 9.17) is 0 Å². The first-order valence-corrected chi connectivity index (χ1v) is 7.43. The van der Waals surface area contributed by atoms with Gasteiger partial charge in [0.05, 0.1) is 18.5 Å². The summed E-state index contributed by atoms with van der Waals surface area (Å²) in [5, 5.41) is 0. The Kier molecular flexibility index (Phi) is 2.85. The molecule has 2 aromatic carbocycles. The number of amides is 1. The molecule has 0 atom stereocenters. The molecule has 0 spiro atoms. The van der Waals surface area contributed by atoms with Crippen molar-refractivity contribution in [2.45, 2.75) is 19.4 Å². The average Bonchev–Trinajstić information content (AvgIpc) is 3.00. The van der Waals surface area contributed by atoms with E-state index in [-0.39, 0.29) is 5.91 Å². The highest BCUT2D eigenvalue weighted by atomic mass is 16.2. The Morgan fingerprint density at radius 1 is 1.00 bits per heavy atom. The monoisotopic (exact) mass is 277 g/mol. The minimum Gasteiger partial charge on any atom is -0.261 e. The van der Waals surface area contributed by atoms with Crippen molar-refractivity contribution in [1.82, 2.24) is 0 Å². The Morgan fingerprint density at radius 2 is 1.76 bits per heavy atom. The van der Waals surface area contributed by atoms with Crippen molar-refractivity contribution < 1.29 is 9.37 Å². The first kappa shape index (κ1) is 12.3. The minimum atomic E-state index is 0.0738. The second-order valence-electron chi connectivity index (χ2n) is 5.58. The zero-order valence-electron chi connectivity index (χ0n) is 11.8. The van der Waals surface area contributed by atoms with E-state index in [1.165, 1.54) is 5.56 Å². The highest BCUT2D eigenvalue weighted by Gasteiger charge is 2.40. The number of nitrogens with zero attached hydrogens (tertiary/aromatic N) is 2. The molecule has 0 radical (unpaired) electrons. The minimum absolute atomic E-state index is 0.0738. The lowest BCUT2D eigenvalue weighted by molar-refractivity contribution is -0.538. The number of anilines is 1. The van der Waals surface area contributed by atoms with E-state index in [1.54, 1.807) is 0 Å². The largest absolute Gasteiger partial charge is 0.346 e. The maximum absolute atomic E-state index is 13.0. The molecule has 2 aromatic rings. The van der Waals surface area contributed by atoms with Gasteiger partial charge in [-0.25, -0.2) is 4.79 Å². The summed E-state index contributed by atoms with van der Waals surface area (Å²) >= 11 is 0. The molecule has 104 valence electrons. The predicted molar refractivity (Wildman–Crippen MR) is 82.8 cm³/mol. The molecular weight excluding hydrogens is 260 g/mol. The fourth-order valence-corrected chi connectivity index (χ4v) is 3.28. The Balaban J connectivity index is 1.84. The number of rotatable bonds is 1. The molecule has 21 heavy (non-hydrogen) atoms. The van der Waals surface area contributed by atoms with Gasteiger partial charge in [0, 0.05) is 5.56 Å². The Labute approximate surface area is 124 Å². The Bertz CT molecular complexity index is 734. The summed E-state index contributed by atoms with van der Waals surface area (Å²) in [4.78, 5) is 14.9. The lowest BCUT2D eigenvalue weighted by atomic mass is 10.1. The van der Waals surface area contributed by atoms with Crippen molar-refractivity contribution in [1.29, 1.82) is 0 Å². The Morgan fingerprint density at radius 3 is 2.62 bits per heavy atom. The van der Waals surface area contributed by atoms with Crippen LogP contribution in [0.25, 0.3) is 0 Å². The predicted octanol–water partition coefficient (Wildman–Crippen LogP) is 3.05. The van der Waals surface area contributed by atoms with Crippen molar-refractivity contribution in [3.8, 4) is 0 Å². The molecule has 4 rings (SSSR count). The number of hydrogen-bond donors (Lipinski definition) is 0. The molecule has 0 aliphatic carbocycles. The van der Waals surface area contributed by atoms with Gasteiger partial charge in [-0.2, -0.15) is 4.90 Å². The number of amidine groups is 1. The van der Waals surface area contributed by atoms with Crippen LogP contribution in [-0.4, -0.2) is 22.9 Å². The van der Waals surface area contributed by atoms with Gasteiger partial charge in [0.15, 0.2) is 0 Å². The van der Waals surface area contributed by atoms with E-state index in [2.05, 4.69) is 16.7 Å². The maximum atomic E-state index is 13.0. The molecule has 3 nitrogen and oxygen atoms in total. The van der Waals surface area contributed by atoms with Crippen molar-refractivity contribution >= 4 is 17.4 Å². The van der Waals surface area contributed by atoms with Crippen LogP contribution in [0.1, 0.15) is 28.8 Å². The van der Waals surface area contributed by atoms with Crippen LogP contribution in [0.5, 0.6) is 0 Å². The van der Waals surface area contributed by atoms with Crippen LogP contribution in [0.2, 0.25) is 0 Å². The molecule has 0 saturated carbocycles. The van der Waals surface area contributed by atoms with E-state index < -0.39 is 0 Å². The highest BCUT2D eigenvalue weighted by molar-refractivity contribution is 6.22. The number of benzene rings is 2. The smallest absolute Gasteiger partial charge is 0.261 e. The third kappa shape index (κ3) is 1.97. The van der Waals surface area contributed by atoms with Gasteiger partial charge >= 0.3 is 5.91 Å². The zero-order valence-corrected chi connectivity index (χ0v) is 11.8. The molecule has 0 unspecified atom stereocenters. The van der Waals surface area contributed by atoms with Crippen molar-refractivity contribution in [2.75, 3.05) is 11.4 Å². The summed E-state index contributed by atoms with van der Waals surface area (Å²) in [5.74, 6) is 1.23. The van der Waals surface area contributed by atoms with Crippen LogP contribution in [0.4, 0.5) is 5.69 Å². The summed E-state index contributed by atoms with van der Waals surface area (Å²) in [7, 11) is 0. The van der Waals surface area contributed by atoms with Gasteiger partial charge in [-0.1, -0.05) is 36.4 Å². The molecule has 0 fully saturated rings. The molecule has 0 N–H and O–H groups in total. The van der Waals surface area contributed by atoms with Gasteiger partial charge in [-0.05, 0) is 24.6 Å². The molecule has 2 heterocycles. The van der Waals surface area contributed by atoms with Crippen molar-refractivity contribution in [2.24, 2.45) is 0 Å². The standard InChI is InChI=1S/C18H17N2O/c21-18(14-7-2-1-3-8-14)20-16-10-5-4-9-15(16)13-19-12-6-11-17(19)20/h1-5,7-10H,6,11-13H2/q+1. The van der Waals surface area contributed by atoms with E-state index >= 15 is 0 Å². The number of fused-ring (bicyclic) bond motifs is 1. The van der Waals surface area contributed by atoms with Crippen LogP contribution < -0.4 is 4.90 Å². The normalized spacial score (nSPS) is 16.7. The van der Waals surface area contributed by atoms with Crippen LogP contribution in [0.3, 0.4) is 0 Å². The van der Waals surface area contributed by atoms with Crippen LogP contribution in [-0.2, 0) is 6.54 Å². The van der Waals surface area contributed by atoms with Gasteiger partial charge in [0.1, 0.15) is 12.2 Å². The number of para-hydroxylation sites is 1. The van der Waals surface area contributed by atoms with E-state index in [0.717, 1.165) is 43.0 Å². The third-order valence-corrected chi connectivity index (χ3v) is 4.27. The zero-order chi connectivity index (χ0) is 14.2. The Hall–Kier alpha value is -2.42. The average molecular weight is 277 g/mol. The number of hydrogen-bond acceptors (Lipinski definition) is 1. The lowest BCUT2D eigenvalue weighted by Gasteiger charge is -2.24. The van der Waals surface area contributed by atoms with E-state index in [9.17, 15) is 4.79 Å². The van der Waals surface area contributed by atoms with E-state index in [1.807, 2.05) is 47.4 Å². The summed E-state index contributed by atoms with van der Waals surface area (Å²) in [6.45, 7) is 1.96. The van der Waals surface area contributed by atoms with Crippen molar-refractivity contribution in [3.05, 3.63) is 65.7 Å². The van der Waals surface area contributed by atoms with Crippen molar-refractivity contribution in [3.63, 3.8) is 0 Å². The second kappa shape index (κ2) is 4.85. The van der Waals surface area contributed by atoms with Crippen LogP contribution in [0, 0.1) is 0 Å². The number of carbonyl (C=O) groups is 1. The van der Waals surface area contributed by atoms with Gasteiger partial charge in [0.2, 0.25) is 0 Å². The highest BCUT2D eigenvalue weighted by Crippen LogP contribution is 2.30. The number of carbonyl (C=O) groups excluding carboxylic acids is 1. The third-order valence-electron chi connectivity index (χ3n) is 4.27. The summed E-state index contributed by atoms with van der Waals surface area (Å²) in [6, 6.07) is 17.8. The molecule has 0 saturated heterocycles. The summed E-state index contributed by atoms with van der Waals surface area (Å²) in [5.41, 5.74) is 3.01. The van der Waals surface area contributed by atoms with E-state index in [0.29, 0.717) is 0 Å². The first-order chi connectivity index (χ1) is 10.3. The maximum Gasteiger partial charge on any atom is 0.346 e. The van der Waals surface area contributed by atoms with Gasteiger partial charge < -0.3 is 0 Å². The second-order valence-corrected chi connectivity index (χ2v) is 5.58. The fraction of sp³-hybridized carbons (Fsp3) is 0.222. The van der Waals surface area contributed by atoms with Crippen LogP contribution in [0.15, 0.2) is 54.6 Å². The molecule has 2 aliphatic heterocycles. The topological polar surface area (TPSA) is 23.3 Å². The van der Waals surface area contributed by atoms with Gasteiger partial charge in [0.25, 0.3) is 5.84 Å². The summed E-state index contributed by atoms with van der Waals surface area (Å²) < 4.78 is 2.34. The molecule has 0 bridgehead atoms. The quantitative estimate of drug-likeness (QED) is 0.735. The SMILES string of the molecule is O=C(c1ccccc1)N1C2=[N+](CCC2)Cc2ccccc21. The van der Waals surface area contributed by atoms with Gasteiger partial charge in [-0.15, -0.1) is 0 Å². The lowest BCUT2D eigenvalue weighted by Crippen LogP contribution is -2.43. The fourth-order valence-electron chi connectivity index (χ4n) is 3.28.